The molecule has 1 saturated heterocycles. The van der Waals surface area contributed by atoms with Crippen LogP contribution in [0.1, 0.15) is 10.4 Å². The van der Waals surface area contributed by atoms with Crippen LogP contribution >= 0.6 is 11.6 Å². The average Bonchev–Trinajstić information content (AvgIpc) is 2.45. The summed E-state index contributed by atoms with van der Waals surface area (Å²) >= 11 is 5.69. The SMILES string of the molecule is COCCN1CCN(C(=O)c2ccc(Cl)cc2F)CC1. The van der Waals surface area contributed by atoms with Crippen molar-refractivity contribution in [2.24, 2.45) is 0 Å². The summed E-state index contributed by atoms with van der Waals surface area (Å²) in [5, 5.41) is 0.295. The molecule has 0 aromatic heterocycles. The zero-order chi connectivity index (χ0) is 14.5. The third kappa shape index (κ3) is 3.69. The van der Waals surface area contributed by atoms with E-state index >= 15 is 0 Å². The van der Waals surface area contributed by atoms with E-state index in [1.54, 1.807) is 12.0 Å². The van der Waals surface area contributed by atoms with E-state index in [1.165, 1.54) is 18.2 Å². The molecule has 1 fully saturated rings. The maximum atomic E-state index is 13.7. The van der Waals surface area contributed by atoms with Crippen LogP contribution in [-0.4, -0.2) is 62.1 Å². The Kier molecular flexibility index (Phi) is 5.34. The minimum atomic E-state index is -0.565. The van der Waals surface area contributed by atoms with Crippen molar-refractivity contribution >= 4 is 17.5 Å². The number of carbonyl (C=O) groups is 1. The maximum Gasteiger partial charge on any atom is 0.256 e. The van der Waals surface area contributed by atoms with Gasteiger partial charge >= 0.3 is 0 Å². The second-order valence-corrected chi connectivity index (χ2v) is 5.19. The lowest BCUT2D eigenvalue weighted by atomic mass is 10.1. The third-order valence-corrected chi connectivity index (χ3v) is 3.67. The van der Waals surface area contributed by atoms with Crippen LogP contribution in [0, 0.1) is 5.82 Å². The predicted octanol–water partition coefficient (Wildman–Crippen LogP) is 1.88. The number of hydrogen-bond acceptors (Lipinski definition) is 3. The second-order valence-electron chi connectivity index (χ2n) is 4.75. The van der Waals surface area contributed by atoms with Crippen molar-refractivity contribution in [3.8, 4) is 0 Å². The Balaban J connectivity index is 1.94. The fourth-order valence-corrected chi connectivity index (χ4v) is 2.39. The van der Waals surface area contributed by atoms with Gasteiger partial charge in [-0.2, -0.15) is 0 Å². The van der Waals surface area contributed by atoms with Gasteiger partial charge in [0.15, 0.2) is 0 Å². The summed E-state index contributed by atoms with van der Waals surface area (Å²) in [7, 11) is 1.67. The molecule has 1 heterocycles. The molecule has 1 amide bonds. The fourth-order valence-electron chi connectivity index (χ4n) is 2.23. The number of rotatable bonds is 4. The quantitative estimate of drug-likeness (QED) is 0.851. The molecule has 0 saturated carbocycles. The Labute approximate surface area is 123 Å². The van der Waals surface area contributed by atoms with Crippen molar-refractivity contribution in [2.75, 3.05) is 46.4 Å². The summed E-state index contributed by atoms with van der Waals surface area (Å²) in [6.45, 7) is 4.30. The van der Waals surface area contributed by atoms with Gasteiger partial charge in [0.2, 0.25) is 0 Å². The standard InChI is InChI=1S/C14H18ClFN2O2/c1-20-9-8-17-4-6-18(7-5-17)14(19)12-3-2-11(15)10-13(12)16/h2-3,10H,4-9H2,1H3. The molecule has 1 aliphatic heterocycles. The molecule has 2 rings (SSSR count). The van der Waals surface area contributed by atoms with Crippen molar-refractivity contribution in [3.05, 3.63) is 34.6 Å². The maximum absolute atomic E-state index is 13.7. The molecule has 0 unspecified atom stereocenters. The van der Waals surface area contributed by atoms with Gasteiger partial charge < -0.3 is 9.64 Å². The molecular weight excluding hydrogens is 283 g/mol. The lowest BCUT2D eigenvalue weighted by molar-refractivity contribution is 0.0590. The van der Waals surface area contributed by atoms with Gasteiger partial charge in [0.1, 0.15) is 5.82 Å². The molecule has 0 N–H and O–H groups in total. The summed E-state index contributed by atoms with van der Waals surface area (Å²) < 4.78 is 18.8. The highest BCUT2D eigenvalue weighted by molar-refractivity contribution is 6.30. The van der Waals surface area contributed by atoms with Crippen molar-refractivity contribution in [3.63, 3.8) is 0 Å². The number of benzene rings is 1. The lowest BCUT2D eigenvalue weighted by Gasteiger charge is -2.34. The van der Waals surface area contributed by atoms with Gasteiger partial charge in [-0.25, -0.2) is 4.39 Å². The van der Waals surface area contributed by atoms with Gasteiger partial charge in [-0.05, 0) is 18.2 Å². The van der Waals surface area contributed by atoms with Crippen LogP contribution in [0.3, 0.4) is 0 Å². The molecule has 0 aliphatic carbocycles. The molecule has 1 aromatic carbocycles. The Morgan fingerprint density at radius 1 is 1.35 bits per heavy atom. The molecule has 6 heteroatoms. The van der Waals surface area contributed by atoms with Gasteiger partial charge in [0.05, 0.1) is 12.2 Å². The Morgan fingerprint density at radius 2 is 2.05 bits per heavy atom. The summed E-state index contributed by atoms with van der Waals surface area (Å²) in [5.74, 6) is -0.838. The summed E-state index contributed by atoms with van der Waals surface area (Å²) in [4.78, 5) is 16.2. The normalized spacial score (nSPS) is 16.4. The summed E-state index contributed by atoms with van der Waals surface area (Å²) in [6, 6.07) is 4.15. The van der Waals surface area contributed by atoms with Crippen LogP contribution in [0.4, 0.5) is 4.39 Å². The molecule has 1 aromatic rings. The highest BCUT2D eigenvalue weighted by atomic mass is 35.5. The molecule has 0 bridgehead atoms. The topological polar surface area (TPSA) is 32.8 Å². The first-order valence-electron chi connectivity index (χ1n) is 6.57. The zero-order valence-electron chi connectivity index (χ0n) is 11.4. The van der Waals surface area contributed by atoms with Crippen LogP contribution in [0.25, 0.3) is 0 Å². The minimum Gasteiger partial charge on any atom is -0.383 e. The van der Waals surface area contributed by atoms with E-state index in [4.69, 9.17) is 16.3 Å². The van der Waals surface area contributed by atoms with E-state index < -0.39 is 5.82 Å². The van der Waals surface area contributed by atoms with E-state index in [0.717, 1.165) is 19.6 Å². The molecule has 0 spiro atoms. The Morgan fingerprint density at radius 3 is 2.65 bits per heavy atom. The largest absolute Gasteiger partial charge is 0.383 e. The molecule has 110 valence electrons. The summed E-state index contributed by atoms with van der Waals surface area (Å²) in [5.41, 5.74) is 0.0831. The minimum absolute atomic E-state index is 0.0831. The Bertz CT molecular complexity index is 476. The van der Waals surface area contributed by atoms with Crippen LogP contribution in [-0.2, 0) is 4.74 Å². The first kappa shape index (κ1) is 15.2. The number of carbonyl (C=O) groups excluding carboxylic acids is 1. The molecule has 4 nitrogen and oxygen atoms in total. The molecule has 0 atom stereocenters. The van der Waals surface area contributed by atoms with Crippen LogP contribution < -0.4 is 0 Å². The Hall–Kier alpha value is -1.17. The molecule has 20 heavy (non-hydrogen) atoms. The first-order valence-corrected chi connectivity index (χ1v) is 6.95. The predicted molar refractivity (Wildman–Crippen MR) is 75.6 cm³/mol. The highest BCUT2D eigenvalue weighted by Gasteiger charge is 2.23. The van der Waals surface area contributed by atoms with E-state index in [2.05, 4.69) is 4.90 Å². The van der Waals surface area contributed by atoms with Crippen molar-refractivity contribution in [2.45, 2.75) is 0 Å². The average molecular weight is 301 g/mol. The number of methoxy groups -OCH3 is 1. The van der Waals surface area contributed by atoms with E-state index in [0.29, 0.717) is 24.7 Å². The first-order chi connectivity index (χ1) is 9.61. The number of piperazine rings is 1. The van der Waals surface area contributed by atoms with Crippen molar-refractivity contribution in [1.29, 1.82) is 0 Å². The van der Waals surface area contributed by atoms with Gasteiger partial charge in [-0.15, -0.1) is 0 Å². The monoisotopic (exact) mass is 300 g/mol. The molecule has 1 aliphatic rings. The summed E-state index contributed by atoms with van der Waals surface area (Å²) in [6.07, 6.45) is 0. The number of amides is 1. The smallest absolute Gasteiger partial charge is 0.256 e. The fraction of sp³-hybridized carbons (Fsp3) is 0.500. The highest BCUT2D eigenvalue weighted by Crippen LogP contribution is 2.17. The third-order valence-electron chi connectivity index (χ3n) is 3.43. The molecular formula is C14H18ClFN2O2. The number of ether oxygens (including phenoxy) is 1. The van der Waals surface area contributed by atoms with Gasteiger partial charge in [-0.1, -0.05) is 11.6 Å². The van der Waals surface area contributed by atoms with E-state index in [1.807, 2.05) is 0 Å². The second kappa shape index (κ2) is 7.02. The van der Waals surface area contributed by atoms with Crippen molar-refractivity contribution in [1.82, 2.24) is 9.80 Å². The molecule has 0 radical (unpaired) electrons. The van der Waals surface area contributed by atoms with Crippen LogP contribution in [0.15, 0.2) is 18.2 Å². The van der Waals surface area contributed by atoms with Crippen LogP contribution in [0.5, 0.6) is 0 Å². The number of halogens is 2. The zero-order valence-corrected chi connectivity index (χ0v) is 12.2. The van der Waals surface area contributed by atoms with Gasteiger partial charge in [-0.3, -0.25) is 9.69 Å². The van der Waals surface area contributed by atoms with E-state index in [9.17, 15) is 9.18 Å². The van der Waals surface area contributed by atoms with Crippen molar-refractivity contribution < 1.29 is 13.9 Å². The number of hydrogen-bond donors (Lipinski definition) is 0. The van der Waals surface area contributed by atoms with Gasteiger partial charge in [0, 0.05) is 44.9 Å². The van der Waals surface area contributed by atoms with E-state index in [-0.39, 0.29) is 11.5 Å². The lowest BCUT2D eigenvalue weighted by Crippen LogP contribution is -2.49. The number of nitrogens with zero attached hydrogens (tertiary/aromatic N) is 2. The van der Waals surface area contributed by atoms with Gasteiger partial charge in [0.25, 0.3) is 5.91 Å². The van der Waals surface area contributed by atoms with Crippen LogP contribution in [0.2, 0.25) is 5.02 Å².